The number of nitrogens with one attached hydrogen (secondary N) is 1. The molecule has 2 aliphatic heterocycles. The molecule has 1 unspecified atom stereocenters. The minimum Gasteiger partial charge on any atom is -0.361 e. The molecule has 1 atom stereocenters. The van der Waals surface area contributed by atoms with Crippen molar-refractivity contribution in [2.24, 2.45) is 12.5 Å². The first kappa shape index (κ1) is 17.1. The molecule has 0 saturated carbocycles. The van der Waals surface area contributed by atoms with E-state index in [1.807, 2.05) is 6.20 Å². The summed E-state index contributed by atoms with van der Waals surface area (Å²) in [5, 5.41) is 2.65. The molecule has 4 aromatic rings. The summed E-state index contributed by atoms with van der Waals surface area (Å²) >= 11 is 0. The van der Waals surface area contributed by atoms with Crippen LogP contribution in [0, 0.1) is 5.41 Å². The van der Waals surface area contributed by atoms with Crippen molar-refractivity contribution in [1.29, 1.82) is 0 Å². The fourth-order valence-electron chi connectivity index (χ4n) is 5.57. The molecular formula is C24H27N5. The van der Waals surface area contributed by atoms with E-state index in [0.717, 1.165) is 25.5 Å². The number of nitrogens with zero attached hydrogens (tertiary/aromatic N) is 4. The summed E-state index contributed by atoms with van der Waals surface area (Å²) in [6.45, 7) is 5.64. The second-order valence-electron chi connectivity index (χ2n) is 8.99. The van der Waals surface area contributed by atoms with E-state index in [0.29, 0.717) is 5.41 Å². The highest BCUT2D eigenvalue weighted by Gasteiger charge is 2.44. The van der Waals surface area contributed by atoms with Crippen molar-refractivity contribution in [3.05, 3.63) is 60.6 Å². The van der Waals surface area contributed by atoms with Gasteiger partial charge in [-0.05, 0) is 43.1 Å². The van der Waals surface area contributed by atoms with E-state index >= 15 is 0 Å². The molecule has 1 spiro atoms. The largest absolute Gasteiger partial charge is 0.361 e. The molecule has 2 saturated heterocycles. The van der Waals surface area contributed by atoms with Gasteiger partial charge < -0.3 is 14.5 Å². The molecule has 5 heterocycles. The zero-order valence-electron chi connectivity index (χ0n) is 16.9. The van der Waals surface area contributed by atoms with Crippen molar-refractivity contribution < 1.29 is 0 Å². The summed E-state index contributed by atoms with van der Waals surface area (Å²) in [5.74, 6) is 1.15. The van der Waals surface area contributed by atoms with Gasteiger partial charge >= 0.3 is 0 Å². The molecule has 0 aliphatic carbocycles. The Balaban J connectivity index is 1.21. The Morgan fingerprint density at radius 3 is 2.93 bits per heavy atom. The van der Waals surface area contributed by atoms with Crippen LogP contribution in [0.15, 0.2) is 55.0 Å². The number of benzene rings is 1. The van der Waals surface area contributed by atoms with Gasteiger partial charge in [0.1, 0.15) is 0 Å². The van der Waals surface area contributed by atoms with Crippen LogP contribution in [-0.4, -0.2) is 45.6 Å². The second-order valence-corrected chi connectivity index (χ2v) is 8.99. The van der Waals surface area contributed by atoms with Gasteiger partial charge in [-0.2, -0.15) is 0 Å². The third kappa shape index (κ3) is 2.76. The van der Waals surface area contributed by atoms with Crippen LogP contribution in [-0.2, 0) is 13.6 Å². The van der Waals surface area contributed by atoms with Crippen LogP contribution in [0.2, 0.25) is 0 Å². The number of hydrogen-bond donors (Lipinski definition) is 1. The van der Waals surface area contributed by atoms with Crippen molar-refractivity contribution in [2.75, 3.05) is 31.1 Å². The maximum absolute atomic E-state index is 4.78. The third-order valence-electron chi connectivity index (χ3n) is 7.09. The predicted molar refractivity (Wildman–Crippen MR) is 118 cm³/mol. The summed E-state index contributed by atoms with van der Waals surface area (Å²) in [4.78, 5) is 13.4. The smallest absolute Gasteiger partial charge is 0.153 e. The van der Waals surface area contributed by atoms with Crippen LogP contribution in [0.1, 0.15) is 18.4 Å². The summed E-state index contributed by atoms with van der Waals surface area (Å²) in [7, 11) is 2.12. The molecule has 148 valence electrons. The van der Waals surface area contributed by atoms with Crippen LogP contribution >= 0.6 is 0 Å². The number of hydrogen-bond acceptors (Lipinski definition) is 3. The zero-order valence-corrected chi connectivity index (χ0v) is 16.9. The number of H-pyrrole nitrogens is 1. The van der Waals surface area contributed by atoms with E-state index in [-0.39, 0.29) is 0 Å². The first-order valence-corrected chi connectivity index (χ1v) is 10.6. The van der Waals surface area contributed by atoms with Crippen LogP contribution < -0.4 is 4.90 Å². The molecule has 6 rings (SSSR count). The van der Waals surface area contributed by atoms with Crippen LogP contribution in [0.25, 0.3) is 21.8 Å². The summed E-state index contributed by atoms with van der Waals surface area (Å²) in [6.07, 6.45) is 8.84. The number of aromatic amines is 1. The highest BCUT2D eigenvalue weighted by atomic mass is 15.3. The van der Waals surface area contributed by atoms with Crippen LogP contribution in [0.4, 0.5) is 5.82 Å². The van der Waals surface area contributed by atoms with Gasteiger partial charge in [0.2, 0.25) is 0 Å². The fourth-order valence-corrected chi connectivity index (χ4v) is 5.57. The lowest BCUT2D eigenvalue weighted by Crippen LogP contribution is -2.31. The van der Waals surface area contributed by atoms with E-state index in [4.69, 9.17) is 4.98 Å². The number of para-hydroxylation sites is 1. The molecule has 1 aromatic carbocycles. The van der Waals surface area contributed by atoms with Crippen molar-refractivity contribution in [3.63, 3.8) is 0 Å². The maximum atomic E-state index is 4.78. The Hall–Kier alpha value is -2.79. The lowest BCUT2D eigenvalue weighted by Gasteiger charge is -2.25. The van der Waals surface area contributed by atoms with Crippen LogP contribution in [0.3, 0.4) is 0 Å². The molecule has 0 radical (unpaired) electrons. The first-order chi connectivity index (χ1) is 14.2. The van der Waals surface area contributed by atoms with E-state index in [1.165, 1.54) is 53.3 Å². The number of likely N-dealkylation sites (tertiary alicyclic amines) is 1. The Labute approximate surface area is 170 Å². The SMILES string of the molecule is Cn1ccc2ccnc(N3CCC4(CCN(Cc5c[nH]c6ccccc56)C4)C3)c21. The topological polar surface area (TPSA) is 40.1 Å². The summed E-state index contributed by atoms with van der Waals surface area (Å²) in [6, 6.07) is 12.9. The van der Waals surface area contributed by atoms with Gasteiger partial charge in [0.15, 0.2) is 5.82 Å². The molecule has 3 aromatic heterocycles. The molecular weight excluding hydrogens is 358 g/mol. The first-order valence-electron chi connectivity index (χ1n) is 10.6. The number of fused-ring (bicyclic) bond motifs is 2. The second kappa shape index (κ2) is 6.36. The standard InChI is InChI=1S/C24H27N5/c1-27-11-7-18-6-10-25-23(22(18)27)29-13-9-24(17-29)8-12-28(16-24)15-19-14-26-21-5-3-2-4-20(19)21/h2-7,10-11,14,26H,8-9,12-13,15-17H2,1H3. The Morgan fingerprint density at radius 1 is 1.07 bits per heavy atom. The number of aromatic nitrogens is 3. The maximum Gasteiger partial charge on any atom is 0.153 e. The van der Waals surface area contributed by atoms with Crippen molar-refractivity contribution in [1.82, 2.24) is 19.4 Å². The van der Waals surface area contributed by atoms with Crippen molar-refractivity contribution in [2.45, 2.75) is 19.4 Å². The van der Waals surface area contributed by atoms with Crippen molar-refractivity contribution in [3.8, 4) is 0 Å². The molecule has 5 nitrogen and oxygen atoms in total. The molecule has 2 aliphatic rings. The molecule has 0 bridgehead atoms. The number of pyridine rings is 1. The molecule has 0 amide bonds. The lowest BCUT2D eigenvalue weighted by atomic mass is 9.86. The quantitative estimate of drug-likeness (QED) is 0.576. The van der Waals surface area contributed by atoms with E-state index < -0.39 is 0 Å². The van der Waals surface area contributed by atoms with Gasteiger partial charge in [0.25, 0.3) is 0 Å². The van der Waals surface area contributed by atoms with Gasteiger partial charge in [0.05, 0.1) is 5.52 Å². The predicted octanol–water partition coefficient (Wildman–Crippen LogP) is 4.16. The molecule has 1 N–H and O–H groups in total. The number of rotatable bonds is 3. The number of anilines is 1. The van der Waals surface area contributed by atoms with Crippen LogP contribution in [0.5, 0.6) is 0 Å². The molecule has 2 fully saturated rings. The Bertz CT molecular complexity index is 1190. The fraction of sp³-hybridized carbons (Fsp3) is 0.375. The monoisotopic (exact) mass is 385 g/mol. The van der Waals surface area contributed by atoms with Gasteiger partial charge in [-0.1, -0.05) is 18.2 Å². The average molecular weight is 386 g/mol. The highest BCUT2D eigenvalue weighted by molar-refractivity contribution is 5.90. The molecule has 5 heteroatoms. The van der Waals surface area contributed by atoms with E-state index in [1.54, 1.807) is 0 Å². The minimum absolute atomic E-state index is 0.404. The minimum atomic E-state index is 0.404. The van der Waals surface area contributed by atoms with E-state index in [2.05, 4.69) is 75.2 Å². The normalized spacial score (nSPS) is 22.6. The van der Waals surface area contributed by atoms with Gasteiger partial charge in [-0.15, -0.1) is 0 Å². The summed E-state index contributed by atoms with van der Waals surface area (Å²) in [5.41, 5.74) is 4.33. The zero-order chi connectivity index (χ0) is 19.4. The summed E-state index contributed by atoms with van der Waals surface area (Å²) < 4.78 is 2.21. The van der Waals surface area contributed by atoms with Gasteiger partial charge in [-0.3, -0.25) is 4.90 Å². The molecule has 29 heavy (non-hydrogen) atoms. The van der Waals surface area contributed by atoms with E-state index in [9.17, 15) is 0 Å². The van der Waals surface area contributed by atoms with Gasteiger partial charge in [-0.25, -0.2) is 4.98 Å². The third-order valence-corrected chi connectivity index (χ3v) is 7.09. The number of aryl methyl sites for hydroxylation is 1. The lowest BCUT2D eigenvalue weighted by molar-refractivity contribution is 0.271. The van der Waals surface area contributed by atoms with Crippen molar-refractivity contribution >= 4 is 27.6 Å². The van der Waals surface area contributed by atoms with Gasteiger partial charge in [0, 0.05) is 73.5 Å². The highest BCUT2D eigenvalue weighted by Crippen LogP contribution is 2.42. The Morgan fingerprint density at radius 2 is 1.97 bits per heavy atom. The Kier molecular flexibility index (Phi) is 3.75. The average Bonchev–Trinajstić information content (AvgIpc) is 3.52.